The highest BCUT2D eigenvalue weighted by Crippen LogP contribution is 2.22. The fraction of sp³-hybridized carbons (Fsp3) is 0.200. The molecule has 1 heterocycles. The SMILES string of the molecule is C#CCSc1nc(C)c(Cc2c(F)cccc2Cl)c(=O)[nH]1. The molecule has 0 saturated carbocycles. The maximum absolute atomic E-state index is 13.8. The van der Waals surface area contributed by atoms with Crippen molar-refractivity contribution in [2.45, 2.75) is 18.5 Å². The lowest BCUT2D eigenvalue weighted by Gasteiger charge is -2.08. The minimum absolute atomic E-state index is 0.0970. The molecule has 21 heavy (non-hydrogen) atoms. The summed E-state index contributed by atoms with van der Waals surface area (Å²) in [5.74, 6) is 2.44. The molecule has 0 aliphatic heterocycles. The van der Waals surface area contributed by atoms with Crippen LogP contribution >= 0.6 is 23.4 Å². The number of rotatable bonds is 4. The molecule has 0 bridgehead atoms. The lowest BCUT2D eigenvalue weighted by atomic mass is 10.0. The van der Waals surface area contributed by atoms with E-state index in [2.05, 4.69) is 15.9 Å². The number of benzene rings is 1. The third kappa shape index (κ3) is 3.66. The minimum Gasteiger partial charge on any atom is -0.301 e. The highest BCUT2D eigenvalue weighted by Gasteiger charge is 2.14. The van der Waals surface area contributed by atoms with E-state index in [1.165, 1.54) is 23.9 Å². The maximum atomic E-state index is 13.8. The van der Waals surface area contributed by atoms with E-state index in [0.717, 1.165) is 0 Å². The molecule has 0 spiro atoms. The smallest absolute Gasteiger partial charge is 0.255 e. The Labute approximate surface area is 131 Å². The van der Waals surface area contributed by atoms with Gasteiger partial charge >= 0.3 is 0 Å². The van der Waals surface area contributed by atoms with Gasteiger partial charge in [-0.3, -0.25) is 4.79 Å². The van der Waals surface area contributed by atoms with Crippen molar-refractivity contribution in [3.63, 3.8) is 0 Å². The molecule has 0 saturated heterocycles. The fourth-order valence-corrected chi connectivity index (χ4v) is 2.67. The summed E-state index contributed by atoms with van der Waals surface area (Å²) in [6, 6.07) is 4.43. The van der Waals surface area contributed by atoms with Gasteiger partial charge in [-0.25, -0.2) is 9.37 Å². The number of aryl methyl sites for hydroxylation is 1. The zero-order chi connectivity index (χ0) is 15.4. The van der Waals surface area contributed by atoms with Crippen LogP contribution in [-0.2, 0) is 6.42 Å². The summed E-state index contributed by atoms with van der Waals surface area (Å²) in [7, 11) is 0. The molecule has 2 rings (SSSR count). The number of nitrogens with one attached hydrogen (secondary N) is 1. The highest BCUT2D eigenvalue weighted by molar-refractivity contribution is 7.99. The van der Waals surface area contributed by atoms with E-state index >= 15 is 0 Å². The summed E-state index contributed by atoms with van der Waals surface area (Å²) in [4.78, 5) is 19.0. The average molecular weight is 323 g/mol. The number of aromatic amines is 1. The van der Waals surface area contributed by atoms with Gasteiger partial charge in [-0.1, -0.05) is 35.3 Å². The van der Waals surface area contributed by atoms with Gasteiger partial charge in [0.15, 0.2) is 5.16 Å². The Morgan fingerprint density at radius 3 is 2.86 bits per heavy atom. The Morgan fingerprint density at radius 1 is 1.48 bits per heavy atom. The van der Waals surface area contributed by atoms with Gasteiger partial charge in [0.25, 0.3) is 5.56 Å². The molecular formula is C15H12ClFN2OS. The van der Waals surface area contributed by atoms with E-state index in [1.807, 2.05) is 0 Å². The highest BCUT2D eigenvalue weighted by atomic mass is 35.5. The van der Waals surface area contributed by atoms with E-state index in [0.29, 0.717) is 32.8 Å². The molecule has 1 N–H and O–H groups in total. The minimum atomic E-state index is -0.438. The predicted molar refractivity (Wildman–Crippen MR) is 83.4 cm³/mol. The van der Waals surface area contributed by atoms with Crippen molar-refractivity contribution < 1.29 is 4.39 Å². The van der Waals surface area contributed by atoms with Gasteiger partial charge in [-0.2, -0.15) is 0 Å². The molecule has 3 nitrogen and oxygen atoms in total. The molecule has 0 radical (unpaired) electrons. The Bertz CT molecular complexity index is 747. The molecule has 0 aliphatic rings. The maximum Gasteiger partial charge on any atom is 0.255 e. The molecule has 0 atom stereocenters. The van der Waals surface area contributed by atoms with Crippen molar-refractivity contribution in [3.8, 4) is 12.3 Å². The molecule has 0 aliphatic carbocycles. The van der Waals surface area contributed by atoms with Gasteiger partial charge < -0.3 is 4.98 Å². The van der Waals surface area contributed by atoms with Crippen molar-refractivity contribution in [2.75, 3.05) is 5.75 Å². The average Bonchev–Trinajstić information content (AvgIpc) is 2.43. The van der Waals surface area contributed by atoms with Crippen LogP contribution in [0.2, 0.25) is 5.02 Å². The standard InChI is InChI=1S/C15H12ClFN2OS/c1-3-7-21-15-18-9(2)10(14(20)19-15)8-11-12(16)5-4-6-13(11)17/h1,4-6H,7-8H2,2H3,(H,18,19,20). The van der Waals surface area contributed by atoms with Crippen LogP contribution in [0, 0.1) is 25.1 Å². The number of aromatic nitrogens is 2. The van der Waals surface area contributed by atoms with Crippen molar-refractivity contribution in [1.29, 1.82) is 0 Å². The van der Waals surface area contributed by atoms with E-state index in [4.69, 9.17) is 18.0 Å². The van der Waals surface area contributed by atoms with Crippen LogP contribution in [0.25, 0.3) is 0 Å². The lowest BCUT2D eigenvalue weighted by molar-refractivity contribution is 0.613. The van der Waals surface area contributed by atoms with Crippen LogP contribution in [-0.4, -0.2) is 15.7 Å². The molecule has 0 unspecified atom stereocenters. The number of hydrogen-bond donors (Lipinski definition) is 1. The first kappa shape index (κ1) is 15.6. The summed E-state index contributed by atoms with van der Waals surface area (Å²) in [6.07, 6.45) is 5.27. The van der Waals surface area contributed by atoms with Crippen molar-refractivity contribution in [1.82, 2.24) is 9.97 Å². The van der Waals surface area contributed by atoms with Crippen LogP contribution < -0.4 is 5.56 Å². The molecule has 6 heteroatoms. The Hall–Kier alpha value is -1.77. The van der Waals surface area contributed by atoms with Gasteiger partial charge in [0.2, 0.25) is 0 Å². The molecule has 0 fully saturated rings. The van der Waals surface area contributed by atoms with Gasteiger partial charge in [0.1, 0.15) is 5.82 Å². The first-order valence-corrected chi connectivity index (χ1v) is 7.48. The van der Waals surface area contributed by atoms with Crippen molar-refractivity contribution >= 4 is 23.4 Å². The van der Waals surface area contributed by atoms with E-state index < -0.39 is 5.82 Å². The van der Waals surface area contributed by atoms with Gasteiger partial charge in [-0.05, 0) is 19.1 Å². The number of thioether (sulfide) groups is 1. The normalized spacial score (nSPS) is 10.4. The quantitative estimate of drug-likeness (QED) is 0.534. The number of H-pyrrole nitrogens is 1. The second-order valence-corrected chi connectivity index (χ2v) is 5.68. The second-order valence-electron chi connectivity index (χ2n) is 4.30. The van der Waals surface area contributed by atoms with Gasteiger partial charge in [-0.15, -0.1) is 6.42 Å². The lowest BCUT2D eigenvalue weighted by Crippen LogP contribution is -2.18. The summed E-state index contributed by atoms with van der Waals surface area (Å²) in [5.41, 5.74) is 0.921. The Balaban J connectivity index is 2.38. The fourth-order valence-electron chi connectivity index (χ4n) is 1.85. The zero-order valence-electron chi connectivity index (χ0n) is 11.2. The summed E-state index contributed by atoms with van der Waals surface area (Å²) >= 11 is 7.25. The van der Waals surface area contributed by atoms with Crippen LogP contribution in [0.15, 0.2) is 28.2 Å². The topological polar surface area (TPSA) is 45.8 Å². The van der Waals surface area contributed by atoms with Crippen molar-refractivity contribution in [2.24, 2.45) is 0 Å². The van der Waals surface area contributed by atoms with Crippen LogP contribution in [0.1, 0.15) is 16.8 Å². The number of nitrogens with zero attached hydrogens (tertiary/aromatic N) is 1. The van der Waals surface area contributed by atoms with Crippen molar-refractivity contribution in [3.05, 3.63) is 56.2 Å². The molecule has 2 aromatic rings. The van der Waals surface area contributed by atoms with Gasteiger partial charge in [0, 0.05) is 28.3 Å². The van der Waals surface area contributed by atoms with Crippen LogP contribution in [0.3, 0.4) is 0 Å². The zero-order valence-corrected chi connectivity index (χ0v) is 12.8. The Morgan fingerprint density at radius 2 is 2.24 bits per heavy atom. The van der Waals surface area contributed by atoms with E-state index in [9.17, 15) is 9.18 Å². The molecule has 1 aromatic carbocycles. The third-order valence-electron chi connectivity index (χ3n) is 2.91. The molecule has 1 aromatic heterocycles. The Kier molecular flexibility index (Phi) is 5.05. The second kappa shape index (κ2) is 6.79. The molecule has 0 amide bonds. The number of halogens is 2. The number of hydrogen-bond acceptors (Lipinski definition) is 3. The monoisotopic (exact) mass is 322 g/mol. The summed E-state index contributed by atoms with van der Waals surface area (Å²) in [6.45, 7) is 1.71. The number of terminal acetylenes is 1. The molecule has 108 valence electrons. The first-order chi connectivity index (χ1) is 10.0. The van der Waals surface area contributed by atoms with Crippen LogP contribution in [0.4, 0.5) is 4.39 Å². The first-order valence-electron chi connectivity index (χ1n) is 6.12. The predicted octanol–water partition coefficient (Wildman–Crippen LogP) is 3.19. The van der Waals surface area contributed by atoms with Crippen LogP contribution in [0.5, 0.6) is 0 Å². The summed E-state index contributed by atoms with van der Waals surface area (Å²) < 4.78 is 13.8. The summed E-state index contributed by atoms with van der Waals surface area (Å²) in [5, 5.41) is 0.749. The largest absolute Gasteiger partial charge is 0.301 e. The van der Waals surface area contributed by atoms with E-state index in [1.54, 1.807) is 13.0 Å². The third-order valence-corrected chi connectivity index (χ3v) is 4.04. The molecular weight excluding hydrogens is 311 g/mol. The van der Waals surface area contributed by atoms with Gasteiger partial charge in [0.05, 0.1) is 5.75 Å². The van der Waals surface area contributed by atoms with E-state index in [-0.39, 0.29) is 12.0 Å².